The average molecular weight is 201 g/mol. The van der Waals surface area contributed by atoms with Crippen molar-refractivity contribution in [3.8, 4) is 0 Å². The molecule has 1 atom stereocenters. The van der Waals surface area contributed by atoms with Gasteiger partial charge in [-0.3, -0.25) is 4.79 Å². The number of esters is 1. The second-order valence-corrected chi connectivity index (χ2v) is 2.73. The molecule has 0 radical (unpaired) electrons. The molecule has 2 nitrogen and oxygen atoms in total. The predicted molar refractivity (Wildman–Crippen MR) is 34.4 cm³/mol. The molecule has 0 saturated carbocycles. The Morgan fingerprint density at radius 1 is 1.58 bits per heavy atom. The summed E-state index contributed by atoms with van der Waals surface area (Å²) in [6.45, 7) is -0.271. The van der Waals surface area contributed by atoms with Crippen molar-refractivity contribution in [1.82, 2.24) is 0 Å². The van der Waals surface area contributed by atoms with Crippen LogP contribution in [0.3, 0.4) is 0 Å². The van der Waals surface area contributed by atoms with E-state index in [2.05, 4.69) is 4.74 Å². The molecule has 6 heteroatoms. The fourth-order valence-corrected chi connectivity index (χ4v) is 0.936. The molecule has 12 heavy (non-hydrogen) atoms. The van der Waals surface area contributed by atoms with Gasteiger partial charge >= 0.3 is 12.1 Å². The zero-order valence-electron chi connectivity index (χ0n) is 5.69. The van der Waals surface area contributed by atoms with Crippen LogP contribution >= 0.6 is 11.6 Å². The molecular formula is C6H4ClF3O2. The summed E-state index contributed by atoms with van der Waals surface area (Å²) in [7, 11) is 0. The minimum atomic E-state index is -4.61. The Labute approximate surface area is 70.9 Å². The molecule has 1 aliphatic rings. The van der Waals surface area contributed by atoms with Crippen molar-refractivity contribution < 1.29 is 22.7 Å². The molecule has 0 amide bonds. The topological polar surface area (TPSA) is 26.3 Å². The van der Waals surface area contributed by atoms with Gasteiger partial charge in [0.05, 0.1) is 5.03 Å². The first kappa shape index (κ1) is 9.38. The third-order valence-corrected chi connectivity index (χ3v) is 1.54. The predicted octanol–water partition coefficient (Wildman–Crippen LogP) is 1.84. The zero-order chi connectivity index (χ0) is 9.35. The van der Waals surface area contributed by atoms with E-state index in [1.165, 1.54) is 0 Å². The molecular weight excluding hydrogens is 197 g/mol. The zero-order valence-corrected chi connectivity index (χ0v) is 6.45. The summed E-state index contributed by atoms with van der Waals surface area (Å²) in [6, 6.07) is 0. The molecule has 0 N–H and O–H groups in total. The first-order valence-electron chi connectivity index (χ1n) is 3.01. The van der Waals surface area contributed by atoms with Crippen LogP contribution in [0.15, 0.2) is 11.1 Å². The molecule has 1 aliphatic heterocycles. The van der Waals surface area contributed by atoms with Gasteiger partial charge in [0.15, 0.2) is 5.92 Å². The molecule has 1 unspecified atom stereocenters. The van der Waals surface area contributed by atoms with Crippen molar-refractivity contribution >= 4 is 17.6 Å². The van der Waals surface area contributed by atoms with Crippen LogP contribution in [0.4, 0.5) is 13.2 Å². The van der Waals surface area contributed by atoms with E-state index in [9.17, 15) is 18.0 Å². The maximum atomic E-state index is 12.0. The molecule has 68 valence electrons. The third kappa shape index (κ3) is 1.91. The van der Waals surface area contributed by atoms with Crippen LogP contribution in [0, 0.1) is 5.92 Å². The van der Waals surface area contributed by atoms with Crippen LogP contribution in [0.25, 0.3) is 0 Å². The van der Waals surface area contributed by atoms with Gasteiger partial charge in [-0.1, -0.05) is 11.6 Å². The summed E-state index contributed by atoms with van der Waals surface area (Å²) in [5.74, 6) is -3.51. The number of hydrogen-bond donors (Lipinski definition) is 0. The normalized spacial score (nSPS) is 24.8. The molecule has 0 aromatic heterocycles. The van der Waals surface area contributed by atoms with E-state index in [0.717, 1.165) is 0 Å². The number of cyclic esters (lactones) is 1. The van der Waals surface area contributed by atoms with Gasteiger partial charge in [0.25, 0.3) is 0 Å². The Hall–Kier alpha value is -0.710. The van der Waals surface area contributed by atoms with Gasteiger partial charge in [-0.25, -0.2) is 0 Å². The fraction of sp³-hybridized carbons (Fsp3) is 0.500. The van der Waals surface area contributed by atoms with Crippen LogP contribution < -0.4 is 0 Å². The van der Waals surface area contributed by atoms with E-state index in [-0.39, 0.29) is 11.6 Å². The molecule has 0 aromatic rings. The summed E-state index contributed by atoms with van der Waals surface area (Å²) < 4.78 is 40.1. The first-order valence-corrected chi connectivity index (χ1v) is 3.38. The molecule has 0 fully saturated rings. The molecule has 0 bridgehead atoms. The van der Waals surface area contributed by atoms with Crippen molar-refractivity contribution in [3.63, 3.8) is 0 Å². The van der Waals surface area contributed by atoms with Crippen LogP contribution in [-0.4, -0.2) is 18.8 Å². The summed E-state index contributed by atoms with van der Waals surface area (Å²) in [5, 5.41) is -0.100. The first-order chi connectivity index (χ1) is 5.41. The van der Waals surface area contributed by atoms with E-state index in [1.807, 2.05) is 0 Å². The van der Waals surface area contributed by atoms with Gasteiger partial charge in [-0.15, -0.1) is 0 Å². The second-order valence-electron chi connectivity index (χ2n) is 2.24. The summed E-state index contributed by atoms with van der Waals surface area (Å²) in [6.07, 6.45) is -3.95. The Bertz CT molecular complexity index is 233. The van der Waals surface area contributed by atoms with Gasteiger partial charge in [-0.05, 0) is 6.08 Å². The number of ether oxygens (including phenoxy) is 1. The number of alkyl halides is 3. The maximum absolute atomic E-state index is 12.0. The highest BCUT2D eigenvalue weighted by Gasteiger charge is 2.46. The summed E-state index contributed by atoms with van der Waals surface area (Å²) in [4.78, 5) is 10.5. The van der Waals surface area contributed by atoms with E-state index >= 15 is 0 Å². The van der Waals surface area contributed by atoms with E-state index in [1.54, 1.807) is 0 Å². The average Bonchev–Trinajstić information content (AvgIpc) is 1.92. The molecule has 0 saturated heterocycles. The summed E-state index contributed by atoms with van der Waals surface area (Å²) in [5.41, 5.74) is 0. The Balaban J connectivity index is 2.87. The lowest BCUT2D eigenvalue weighted by atomic mass is 10.1. The number of halogens is 4. The van der Waals surface area contributed by atoms with Crippen molar-refractivity contribution in [3.05, 3.63) is 11.1 Å². The lowest BCUT2D eigenvalue weighted by Gasteiger charge is -2.19. The van der Waals surface area contributed by atoms with E-state index in [4.69, 9.17) is 11.6 Å². The van der Waals surface area contributed by atoms with Gasteiger partial charge in [0.2, 0.25) is 0 Å². The van der Waals surface area contributed by atoms with Crippen molar-refractivity contribution in [2.75, 3.05) is 6.61 Å². The minimum Gasteiger partial charge on any atom is -0.459 e. The Kier molecular flexibility index (Phi) is 2.32. The van der Waals surface area contributed by atoms with Gasteiger partial charge < -0.3 is 4.74 Å². The molecule has 1 rings (SSSR count). The Morgan fingerprint density at radius 3 is 2.58 bits per heavy atom. The van der Waals surface area contributed by atoms with Crippen LogP contribution in [0.5, 0.6) is 0 Å². The highest BCUT2D eigenvalue weighted by molar-refractivity contribution is 6.30. The van der Waals surface area contributed by atoms with Gasteiger partial charge in [0, 0.05) is 0 Å². The largest absolute Gasteiger partial charge is 0.459 e. The fourth-order valence-electron chi connectivity index (χ4n) is 0.755. The van der Waals surface area contributed by atoms with E-state index < -0.39 is 18.1 Å². The lowest BCUT2D eigenvalue weighted by molar-refractivity contribution is -0.189. The molecule has 0 aromatic carbocycles. The number of rotatable bonds is 0. The van der Waals surface area contributed by atoms with Crippen LogP contribution in [-0.2, 0) is 9.53 Å². The third-order valence-electron chi connectivity index (χ3n) is 1.31. The minimum absolute atomic E-state index is 0.100. The summed E-state index contributed by atoms with van der Waals surface area (Å²) >= 11 is 5.27. The number of hydrogen-bond acceptors (Lipinski definition) is 2. The van der Waals surface area contributed by atoms with Crippen molar-refractivity contribution in [2.24, 2.45) is 5.92 Å². The SMILES string of the molecule is O=C1OCC(Cl)=CC1C(F)(F)F. The quantitative estimate of drug-likeness (QED) is 0.558. The lowest BCUT2D eigenvalue weighted by Crippen LogP contribution is -2.33. The van der Waals surface area contributed by atoms with Gasteiger partial charge in [-0.2, -0.15) is 13.2 Å². The molecule has 1 heterocycles. The second kappa shape index (κ2) is 2.97. The number of carbonyl (C=O) groups excluding carboxylic acids is 1. The maximum Gasteiger partial charge on any atom is 0.405 e. The van der Waals surface area contributed by atoms with Crippen molar-refractivity contribution in [2.45, 2.75) is 6.18 Å². The monoisotopic (exact) mass is 200 g/mol. The Morgan fingerprint density at radius 2 is 2.17 bits per heavy atom. The molecule has 0 spiro atoms. The van der Waals surface area contributed by atoms with Crippen molar-refractivity contribution in [1.29, 1.82) is 0 Å². The highest BCUT2D eigenvalue weighted by atomic mass is 35.5. The van der Waals surface area contributed by atoms with Crippen LogP contribution in [0.2, 0.25) is 0 Å². The van der Waals surface area contributed by atoms with E-state index in [0.29, 0.717) is 6.08 Å². The smallest absolute Gasteiger partial charge is 0.405 e. The van der Waals surface area contributed by atoms with Crippen LogP contribution in [0.1, 0.15) is 0 Å². The van der Waals surface area contributed by atoms with Gasteiger partial charge in [0.1, 0.15) is 6.61 Å². The standard InChI is InChI=1S/C6H4ClF3O2/c7-3-1-4(6(8,9)10)5(11)12-2-3/h1,4H,2H2. The number of carbonyl (C=O) groups is 1. The molecule has 0 aliphatic carbocycles. The highest BCUT2D eigenvalue weighted by Crippen LogP contribution is 2.32.